The highest BCUT2D eigenvalue weighted by molar-refractivity contribution is 6.32. The van der Waals surface area contributed by atoms with Crippen LogP contribution in [0.2, 0.25) is 5.02 Å². The monoisotopic (exact) mass is 357 g/mol. The molecule has 128 valence electrons. The molecule has 0 saturated carbocycles. The largest absolute Gasteiger partial charge is 0.495 e. The average Bonchev–Trinajstić information content (AvgIpc) is 2.53. The smallest absolute Gasteiger partial charge is 0.416 e. The summed E-state index contributed by atoms with van der Waals surface area (Å²) in [6, 6.07) is 9.58. The molecule has 2 rings (SSSR count). The van der Waals surface area contributed by atoms with Gasteiger partial charge in [-0.25, -0.2) is 0 Å². The molecule has 1 N–H and O–H groups in total. The zero-order valence-electron chi connectivity index (χ0n) is 12.8. The first kappa shape index (κ1) is 18.1. The van der Waals surface area contributed by atoms with Crippen molar-refractivity contribution in [1.29, 1.82) is 0 Å². The topological polar surface area (TPSA) is 38.3 Å². The zero-order chi connectivity index (χ0) is 17.7. The summed E-state index contributed by atoms with van der Waals surface area (Å²) in [5.74, 6) is 0.409. The number of benzene rings is 2. The lowest BCUT2D eigenvalue weighted by Gasteiger charge is -2.09. The Balaban J connectivity index is 1.90. The molecule has 0 spiro atoms. The summed E-state index contributed by atoms with van der Waals surface area (Å²) < 4.78 is 42.4. The van der Waals surface area contributed by atoms with Crippen molar-refractivity contribution in [2.75, 3.05) is 19.0 Å². The van der Waals surface area contributed by atoms with Crippen LogP contribution in [0.15, 0.2) is 42.5 Å². The van der Waals surface area contributed by atoms with Gasteiger partial charge in [0.2, 0.25) is 0 Å². The number of alkyl halides is 3. The molecular formula is C17H15ClF3NO2. The molecule has 0 atom stereocenters. The molecule has 0 aliphatic carbocycles. The van der Waals surface area contributed by atoms with E-state index in [0.717, 1.165) is 17.7 Å². The second-order valence-electron chi connectivity index (χ2n) is 5.11. The van der Waals surface area contributed by atoms with Crippen LogP contribution in [0.25, 0.3) is 0 Å². The highest BCUT2D eigenvalue weighted by Crippen LogP contribution is 2.29. The molecule has 0 amide bonds. The third-order valence-corrected chi connectivity index (χ3v) is 3.61. The maximum atomic E-state index is 12.5. The molecule has 0 aliphatic rings. The van der Waals surface area contributed by atoms with Crippen molar-refractivity contribution >= 4 is 23.1 Å². The number of methoxy groups -OCH3 is 1. The lowest BCUT2D eigenvalue weighted by molar-refractivity contribution is -0.137. The summed E-state index contributed by atoms with van der Waals surface area (Å²) in [6.07, 6.45) is -4.21. The van der Waals surface area contributed by atoms with Crippen LogP contribution in [-0.2, 0) is 17.4 Å². The minimum Gasteiger partial charge on any atom is -0.495 e. The van der Waals surface area contributed by atoms with Gasteiger partial charge >= 0.3 is 6.18 Å². The first-order valence-corrected chi connectivity index (χ1v) is 7.42. The lowest BCUT2D eigenvalue weighted by atomic mass is 10.1. The maximum Gasteiger partial charge on any atom is 0.416 e. The summed E-state index contributed by atoms with van der Waals surface area (Å²) in [7, 11) is 1.50. The van der Waals surface area contributed by atoms with Crippen LogP contribution in [0.3, 0.4) is 0 Å². The van der Waals surface area contributed by atoms with Gasteiger partial charge in [-0.05, 0) is 42.0 Å². The third kappa shape index (κ3) is 4.89. The van der Waals surface area contributed by atoms with E-state index < -0.39 is 11.7 Å². The van der Waals surface area contributed by atoms with Gasteiger partial charge < -0.3 is 10.1 Å². The van der Waals surface area contributed by atoms with Crippen molar-refractivity contribution in [3.05, 3.63) is 58.6 Å². The van der Waals surface area contributed by atoms with Crippen LogP contribution in [-0.4, -0.2) is 19.4 Å². The first-order valence-electron chi connectivity index (χ1n) is 7.05. The highest BCUT2D eigenvalue weighted by Gasteiger charge is 2.29. The normalized spacial score (nSPS) is 11.2. The van der Waals surface area contributed by atoms with Crippen molar-refractivity contribution in [3.8, 4) is 5.75 Å². The van der Waals surface area contributed by atoms with Gasteiger partial charge in [0.15, 0.2) is 5.78 Å². The quantitative estimate of drug-likeness (QED) is 0.821. The zero-order valence-corrected chi connectivity index (χ0v) is 13.5. The number of ketones is 1. The molecular weight excluding hydrogens is 343 g/mol. The van der Waals surface area contributed by atoms with E-state index in [9.17, 15) is 18.0 Å². The summed E-state index contributed by atoms with van der Waals surface area (Å²) >= 11 is 5.99. The number of rotatable bonds is 6. The van der Waals surface area contributed by atoms with E-state index in [4.69, 9.17) is 16.3 Å². The van der Waals surface area contributed by atoms with Crippen LogP contribution in [0.4, 0.5) is 18.9 Å². The van der Waals surface area contributed by atoms with E-state index in [0.29, 0.717) is 16.5 Å². The molecule has 0 aromatic heterocycles. The molecule has 0 aliphatic heterocycles. The maximum absolute atomic E-state index is 12.5. The van der Waals surface area contributed by atoms with Crippen molar-refractivity contribution in [1.82, 2.24) is 0 Å². The standard InChI is InChI=1S/C17H15ClF3NO2/c1-24-16-7-2-11(9-15(16)18)8-14(23)10-22-13-5-3-12(4-6-13)17(19,20)21/h2-7,9,22H,8,10H2,1H3. The SMILES string of the molecule is COc1ccc(CC(=O)CNc2ccc(C(F)(F)F)cc2)cc1Cl. The Hall–Kier alpha value is -2.21. The molecule has 2 aromatic carbocycles. The number of nitrogens with one attached hydrogen (secondary N) is 1. The number of halogens is 4. The van der Waals surface area contributed by atoms with Crippen LogP contribution in [0.1, 0.15) is 11.1 Å². The molecule has 7 heteroatoms. The van der Waals surface area contributed by atoms with Crippen molar-refractivity contribution in [3.63, 3.8) is 0 Å². The molecule has 0 heterocycles. The van der Waals surface area contributed by atoms with Crippen molar-refractivity contribution in [2.24, 2.45) is 0 Å². The highest BCUT2D eigenvalue weighted by atomic mass is 35.5. The molecule has 2 aromatic rings. The fourth-order valence-electron chi connectivity index (χ4n) is 2.09. The van der Waals surface area contributed by atoms with Gasteiger partial charge in [0.05, 0.1) is 24.2 Å². The van der Waals surface area contributed by atoms with E-state index in [2.05, 4.69) is 5.32 Å². The Morgan fingerprint density at radius 2 is 1.83 bits per heavy atom. The van der Waals surface area contributed by atoms with Gasteiger partial charge in [0.1, 0.15) is 5.75 Å². The summed E-state index contributed by atoms with van der Waals surface area (Å²) in [6.45, 7) is 0.00894. The molecule has 0 radical (unpaired) electrons. The molecule has 0 fully saturated rings. The fourth-order valence-corrected chi connectivity index (χ4v) is 2.37. The Morgan fingerprint density at radius 1 is 1.17 bits per heavy atom. The summed E-state index contributed by atoms with van der Waals surface area (Å²) in [4.78, 5) is 12.0. The van der Waals surface area contributed by atoms with Gasteiger partial charge in [0, 0.05) is 12.1 Å². The van der Waals surface area contributed by atoms with Crippen LogP contribution in [0, 0.1) is 0 Å². The Morgan fingerprint density at radius 3 is 2.38 bits per heavy atom. The molecule has 24 heavy (non-hydrogen) atoms. The van der Waals surface area contributed by atoms with E-state index in [1.54, 1.807) is 18.2 Å². The van der Waals surface area contributed by atoms with E-state index in [1.165, 1.54) is 19.2 Å². The number of hydrogen-bond donors (Lipinski definition) is 1. The summed E-state index contributed by atoms with van der Waals surface area (Å²) in [5, 5.41) is 3.22. The molecule has 0 bridgehead atoms. The van der Waals surface area contributed by atoms with Crippen LogP contribution in [0.5, 0.6) is 5.75 Å². The minimum absolute atomic E-state index is 0.00894. The fraction of sp³-hybridized carbons (Fsp3) is 0.235. The number of carbonyl (C=O) groups is 1. The minimum atomic E-state index is -4.37. The van der Waals surface area contributed by atoms with Gasteiger partial charge in [-0.15, -0.1) is 0 Å². The van der Waals surface area contributed by atoms with Crippen molar-refractivity contribution < 1.29 is 22.7 Å². The van der Waals surface area contributed by atoms with Crippen LogP contribution >= 0.6 is 11.6 Å². The van der Waals surface area contributed by atoms with E-state index in [1.807, 2.05) is 0 Å². The van der Waals surface area contributed by atoms with Crippen molar-refractivity contribution in [2.45, 2.75) is 12.6 Å². The number of ether oxygens (including phenoxy) is 1. The second-order valence-corrected chi connectivity index (χ2v) is 5.52. The second kappa shape index (κ2) is 7.57. The Bertz CT molecular complexity index is 715. The third-order valence-electron chi connectivity index (χ3n) is 3.32. The number of anilines is 1. The molecule has 3 nitrogen and oxygen atoms in total. The average molecular weight is 358 g/mol. The lowest BCUT2D eigenvalue weighted by Crippen LogP contribution is -2.16. The number of hydrogen-bond acceptors (Lipinski definition) is 3. The van der Waals surface area contributed by atoms with E-state index >= 15 is 0 Å². The molecule has 0 unspecified atom stereocenters. The van der Waals surface area contributed by atoms with Gasteiger partial charge in [-0.1, -0.05) is 17.7 Å². The van der Waals surface area contributed by atoms with Gasteiger partial charge in [0.25, 0.3) is 0 Å². The molecule has 0 saturated heterocycles. The Kier molecular flexibility index (Phi) is 5.72. The number of carbonyl (C=O) groups excluding carboxylic acids is 1. The van der Waals surface area contributed by atoms with Gasteiger partial charge in [-0.2, -0.15) is 13.2 Å². The Labute approximate surface area is 142 Å². The van der Waals surface area contributed by atoms with E-state index in [-0.39, 0.29) is 18.7 Å². The predicted octanol–water partition coefficient (Wildman–Crippen LogP) is 4.59. The van der Waals surface area contributed by atoms with Crippen LogP contribution < -0.4 is 10.1 Å². The predicted molar refractivity (Wildman–Crippen MR) is 86.6 cm³/mol. The first-order chi connectivity index (χ1) is 11.3. The van der Waals surface area contributed by atoms with Gasteiger partial charge in [-0.3, -0.25) is 4.79 Å². The number of Topliss-reactive ketones (excluding diaryl/α,β-unsaturated/α-hetero) is 1. The summed E-state index contributed by atoms with van der Waals surface area (Å²) in [5.41, 5.74) is 0.455.